The van der Waals surface area contributed by atoms with Crippen molar-refractivity contribution in [2.24, 2.45) is 0 Å². The average molecular weight is 312 g/mol. The molecule has 2 heteroatoms. The molecule has 0 amide bonds. The van der Waals surface area contributed by atoms with Crippen molar-refractivity contribution < 1.29 is 9.84 Å². The van der Waals surface area contributed by atoms with Crippen molar-refractivity contribution in [3.63, 3.8) is 0 Å². The van der Waals surface area contributed by atoms with Crippen LogP contribution in [0.15, 0.2) is 54.6 Å². The SMILES string of the molecule is Oc1ccccc1OCCCCCCCCCc1ccccc1. The highest BCUT2D eigenvalue weighted by Gasteiger charge is 1.99. The maximum absolute atomic E-state index is 9.59. The lowest BCUT2D eigenvalue weighted by Gasteiger charge is -2.07. The van der Waals surface area contributed by atoms with Crippen LogP contribution in [0.5, 0.6) is 11.5 Å². The van der Waals surface area contributed by atoms with E-state index < -0.39 is 0 Å². The van der Waals surface area contributed by atoms with E-state index in [9.17, 15) is 5.11 Å². The molecule has 0 bridgehead atoms. The van der Waals surface area contributed by atoms with Crippen molar-refractivity contribution in [3.8, 4) is 11.5 Å². The number of para-hydroxylation sites is 2. The first-order valence-electron chi connectivity index (χ1n) is 8.81. The second kappa shape index (κ2) is 10.7. The summed E-state index contributed by atoms with van der Waals surface area (Å²) in [6.45, 7) is 0.686. The molecule has 2 nitrogen and oxygen atoms in total. The first-order valence-corrected chi connectivity index (χ1v) is 8.81. The Bertz CT molecular complexity index is 537. The number of hydrogen-bond acceptors (Lipinski definition) is 2. The fourth-order valence-corrected chi connectivity index (χ4v) is 2.72. The van der Waals surface area contributed by atoms with E-state index in [1.165, 1.54) is 50.5 Å². The third-order valence-corrected chi connectivity index (χ3v) is 4.08. The van der Waals surface area contributed by atoms with Crippen LogP contribution in [0.1, 0.15) is 50.5 Å². The quantitative estimate of drug-likeness (QED) is 0.536. The van der Waals surface area contributed by atoms with Gasteiger partial charge in [0.25, 0.3) is 0 Å². The number of ether oxygens (including phenoxy) is 1. The molecule has 0 aliphatic carbocycles. The van der Waals surface area contributed by atoms with Gasteiger partial charge in [-0.3, -0.25) is 0 Å². The van der Waals surface area contributed by atoms with Gasteiger partial charge in [-0.15, -0.1) is 0 Å². The molecule has 2 aromatic carbocycles. The summed E-state index contributed by atoms with van der Waals surface area (Å²) in [4.78, 5) is 0. The lowest BCUT2D eigenvalue weighted by molar-refractivity contribution is 0.289. The van der Waals surface area contributed by atoms with Gasteiger partial charge < -0.3 is 9.84 Å². The van der Waals surface area contributed by atoms with Gasteiger partial charge in [0.15, 0.2) is 11.5 Å². The molecule has 0 aliphatic rings. The van der Waals surface area contributed by atoms with Gasteiger partial charge >= 0.3 is 0 Å². The number of rotatable bonds is 11. The van der Waals surface area contributed by atoms with E-state index in [2.05, 4.69) is 30.3 Å². The summed E-state index contributed by atoms with van der Waals surface area (Å²) in [6, 6.07) is 17.9. The Kier molecular flexibility index (Phi) is 8.10. The maximum atomic E-state index is 9.59. The number of phenols is 1. The number of phenolic OH excluding ortho intramolecular Hbond substituents is 1. The highest BCUT2D eigenvalue weighted by molar-refractivity contribution is 5.37. The van der Waals surface area contributed by atoms with Crippen molar-refractivity contribution in [1.29, 1.82) is 0 Å². The predicted octanol–water partition coefficient (Wildman–Crippen LogP) is 5.74. The van der Waals surface area contributed by atoms with Gasteiger partial charge in [0.2, 0.25) is 0 Å². The van der Waals surface area contributed by atoms with Crippen LogP contribution in [0.2, 0.25) is 0 Å². The fraction of sp³-hybridized carbons (Fsp3) is 0.429. The van der Waals surface area contributed by atoms with Gasteiger partial charge in [-0.25, -0.2) is 0 Å². The molecular formula is C21H28O2. The van der Waals surface area contributed by atoms with Crippen LogP contribution >= 0.6 is 0 Å². The standard InChI is InChI=1S/C21H28O2/c22-20-16-10-11-17-21(20)23-18-12-5-3-1-2-4-7-13-19-14-8-6-9-15-19/h6,8-11,14-17,22H,1-5,7,12-13,18H2. The molecule has 0 heterocycles. The molecular weight excluding hydrogens is 284 g/mol. The number of benzene rings is 2. The minimum absolute atomic E-state index is 0.228. The van der Waals surface area contributed by atoms with Crippen molar-refractivity contribution in [3.05, 3.63) is 60.2 Å². The number of unbranched alkanes of at least 4 members (excludes halogenated alkanes) is 6. The molecule has 0 atom stereocenters. The van der Waals surface area contributed by atoms with E-state index in [0.29, 0.717) is 12.4 Å². The van der Waals surface area contributed by atoms with Gasteiger partial charge in [0.05, 0.1) is 6.61 Å². The topological polar surface area (TPSA) is 29.5 Å². The molecule has 0 spiro atoms. The van der Waals surface area contributed by atoms with Crippen molar-refractivity contribution in [1.82, 2.24) is 0 Å². The molecule has 0 aliphatic heterocycles. The van der Waals surface area contributed by atoms with Crippen LogP contribution in [0, 0.1) is 0 Å². The van der Waals surface area contributed by atoms with Crippen LogP contribution in [0.25, 0.3) is 0 Å². The Morgan fingerprint density at radius 3 is 2.00 bits per heavy atom. The van der Waals surface area contributed by atoms with E-state index >= 15 is 0 Å². The third-order valence-electron chi connectivity index (χ3n) is 4.08. The summed E-state index contributed by atoms with van der Waals surface area (Å²) in [5, 5.41) is 9.59. The fourth-order valence-electron chi connectivity index (χ4n) is 2.72. The highest BCUT2D eigenvalue weighted by Crippen LogP contribution is 2.24. The summed E-state index contributed by atoms with van der Waals surface area (Å²) >= 11 is 0. The third kappa shape index (κ3) is 7.23. The molecule has 0 saturated carbocycles. The molecule has 23 heavy (non-hydrogen) atoms. The largest absolute Gasteiger partial charge is 0.504 e. The Morgan fingerprint density at radius 2 is 1.26 bits per heavy atom. The van der Waals surface area contributed by atoms with Crippen LogP contribution < -0.4 is 4.74 Å². The van der Waals surface area contributed by atoms with Crippen molar-refractivity contribution in [2.75, 3.05) is 6.61 Å². The molecule has 0 fully saturated rings. The Balaban J connectivity index is 1.40. The lowest BCUT2D eigenvalue weighted by atomic mass is 10.0. The Labute approximate surface area is 140 Å². The van der Waals surface area contributed by atoms with Crippen LogP contribution in [0.4, 0.5) is 0 Å². The minimum atomic E-state index is 0.228. The first kappa shape index (κ1) is 17.4. The van der Waals surface area contributed by atoms with E-state index in [1.54, 1.807) is 12.1 Å². The Morgan fingerprint density at radius 1 is 0.652 bits per heavy atom. The van der Waals surface area contributed by atoms with Gasteiger partial charge in [-0.1, -0.05) is 74.6 Å². The zero-order valence-corrected chi connectivity index (χ0v) is 13.9. The summed E-state index contributed by atoms with van der Waals surface area (Å²) in [6.07, 6.45) is 9.98. The number of hydrogen-bond donors (Lipinski definition) is 1. The zero-order chi connectivity index (χ0) is 16.2. The predicted molar refractivity (Wildman–Crippen MR) is 96.1 cm³/mol. The van der Waals surface area contributed by atoms with E-state index in [0.717, 1.165) is 6.42 Å². The summed E-state index contributed by atoms with van der Waals surface area (Å²) in [5.74, 6) is 0.819. The normalized spacial score (nSPS) is 10.6. The smallest absolute Gasteiger partial charge is 0.160 e. The maximum Gasteiger partial charge on any atom is 0.160 e. The second-order valence-electron chi connectivity index (χ2n) is 6.03. The number of aromatic hydroxyl groups is 1. The zero-order valence-electron chi connectivity index (χ0n) is 13.9. The van der Waals surface area contributed by atoms with Gasteiger partial charge in [0.1, 0.15) is 0 Å². The lowest BCUT2D eigenvalue weighted by Crippen LogP contribution is -1.97. The highest BCUT2D eigenvalue weighted by atomic mass is 16.5. The van der Waals surface area contributed by atoms with E-state index in [1.807, 2.05) is 12.1 Å². The second-order valence-corrected chi connectivity index (χ2v) is 6.03. The summed E-state index contributed by atoms with van der Waals surface area (Å²) in [7, 11) is 0. The molecule has 1 N–H and O–H groups in total. The van der Waals surface area contributed by atoms with Crippen LogP contribution in [-0.4, -0.2) is 11.7 Å². The Hall–Kier alpha value is -1.96. The minimum Gasteiger partial charge on any atom is -0.504 e. The van der Waals surface area contributed by atoms with Gasteiger partial charge in [-0.2, -0.15) is 0 Å². The number of aryl methyl sites for hydroxylation is 1. The summed E-state index contributed by atoms with van der Waals surface area (Å²) < 4.78 is 5.58. The molecule has 0 unspecified atom stereocenters. The molecule has 124 valence electrons. The van der Waals surface area contributed by atoms with Crippen LogP contribution in [-0.2, 0) is 6.42 Å². The average Bonchev–Trinajstić information content (AvgIpc) is 2.59. The monoisotopic (exact) mass is 312 g/mol. The summed E-state index contributed by atoms with van der Waals surface area (Å²) in [5.41, 5.74) is 1.45. The van der Waals surface area contributed by atoms with E-state index in [4.69, 9.17) is 4.74 Å². The first-order chi connectivity index (χ1) is 11.4. The van der Waals surface area contributed by atoms with E-state index in [-0.39, 0.29) is 5.75 Å². The van der Waals surface area contributed by atoms with Crippen molar-refractivity contribution in [2.45, 2.75) is 51.4 Å². The van der Waals surface area contributed by atoms with Crippen molar-refractivity contribution >= 4 is 0 Å². The molecule has 0 aromatic heterocycles. The van der Waals surface area contributed by atoms with Gasteiger partial charge in [0, 0.05) is 0 Å². The molecule has 2 rings (SSSR count). The van der Waals surface area contributed by atoms with Crippen LogP contribution in [0.3, 0.4) is 0 Å². The molecule has 2 aromatic rings. The molecule has 0 saturated heterocycles. The van der Waals surface area contributed by atoms with Gasteiger partial charge in [-0.05, 0) is 37.0 Å². The molecule has 0 radical (unpaired) electrons.